The van der Waals surface area contributed by atoms with Gasteiger partial charge in [0.25, 0.3) is 5.71 Å². The van der Waals surface area contributed by atoms with Crippen LogP contribution in [0.25, 0.3) is 22.4 Å². The maximum Gasteiger partial charge on any atom is 0.263 e. The SMILES string of the molecule is CCCc1nc(N2CCCN(C(=O)C3CCCC3)CC2)c2c(-c3ccccc3)noc2n1. The first-order valence-electron chi connectivity index (χ1n) is 12.0. The third-order valence-electron chi connectivity index (χ3n) is 6.70. The van der Waals surface area contributed by atoms with Crippen molar-refractivity contribution in [3.8, 4) is 11.3 Å². The second kappa shape index (κ2) is 9.27. The Labute approximate surface area is 188 Å². The normalized spacial score (nSPS) is 17.8. The van der Waals surface area contributed by atoms with Crippen molar-refractivity contribution >= 4 is 22.8 Å². The Hall–Kier alpha value is -2.96. The standard InChI is InChI=1S/C25H31N5O2/c1-2-9-20-26-23(21-22(28-32-24(21)27-20)18-10-4-3-5-11-18)29-14-8-15-30(17-16-29)25(31)19-12-6-7-13-19/h3-5,10-11,19H,2,6-9,12-17H2,1H3. The molecule has 168 valence electrons. The van der Waals surface area contributed by atoms with Crippen LogP contribution in [-0.4, -0.2) is 52.1 Å². The molecule has 1 aliphatic heterocycles. The number of benzene rings is 1. The van der Waals surface area contributed by atoms with Gasteiger partial charge in [0.2, 0.25) is 5.91 Å². The van der Waals surface area contributed by atoms with E-state index < -0.39 is 0 Å². The lowest BCUT2D eigenvalue weighted by Gasteiger charge is -2.25. The number of carbonyl (C=O) groups excluding carboxylic acids is 1. The summed E-state index contributed by atoms with van der Waals surface area (Å²) < 4.78 is 5.69. The smallest absolute Gasteiger partial charge is 0.263 e. The van der Waals surface area contributed by atoms with E-state index in [0.717, 1.165) is 86.6 Å². The molecule has 3 aromatic rings. The number of rotatable bonds is 5. The van der Waals surface area contributed by atoms with E-state index in [4.69, 9.17) is 9.51 Å². The maximum atomic E-state index is 13.0. The van der Waals surface area contributed by atoms with Crippen molar-refractivity contribution in [2.45, 2.75) is 51.9 Å². The van der Waals surface area contributed by atoms with Crippen LogP contribution in [0.2, 0.25) is 0 Å². The predicted molar refractivity (Wildman–Crippen MR) is 124 cm³/mol. The fourth-order valence-electron chi connectivity index (χ4n) is 5.02. The van der Waals surface area contributed by atoms with Gasteiger partial charge >= 0.3 is 0 Å². The second-order valence-corrected chi connectivity index (χ2v) is 8.94. The predicted octanol–water partition coefficient (Wildman–Crippen LogP) is 4.47. The third-order valence-corrected chi connectivity index (χ3v) is 6.70. The Morgan fingerprint density at radius 3 is 2.62 bits per heavy atom. The lowest BCUT2D eigenvalue weighted by molar-refractivity contribution is -0.135. The van der Waals surface area contributed by atoms with Gasteiger partial charge in [0.15, 0.2) is 0 Å². The molecule has 1 saturated heterocycles. The van der Waals surface area contributed by atoms with Crippen molar-refractivity contribution in [1.29, 1.82) is 0 Å². The van der Waals surface area contributed by atoms with Crippen LogP contribution in [0.1, 0.15) is 51.3 Å². The van der Waals surface area contributed by atoms with E-state index in [1.54, 1.807) is 0 Å². The van der Waals surface area contributed by atoms with E-state index in [2.05, 4.69) is 26.9 Å². The monoisotopic (exact) mass is 433 g/mol. The highest BCUT2D eigenvalue weighted by Crippen LogP contribution is 2.34. The Balaban J connectivity index is 1.48. The molecule has 5 rings (SSSR count). The van der Waals surface area contributed by atoms with Gasteiger partial charge < -0.3 is 14.3 Å². The van der Waals surface area contributed by atoms with Gasteiger partial charge in [-0.05, 0) is 25.7 Å². The number of nitrogens with zero attached hydrogens (tertiary/aromatic N) is 5. The summed E-state index contributed by atoms with van der Waals surface area (Å²) in [6.07, 6.45) is 7.16. The summed E-state index contributed by atoms with van der Waals surface area (Å²) in [6.45, 7) is 5.29. The molecule has 0 spiro atoms. The molecule has 0 N–H and O–H groups in total. The first-order valence-corrected chi connectivity index (χ1v) is 12.0. The van der Waals surface area contributed by atoms with Gasteiger partial charge in [-0.3, -0.25) is 4.79 Å². The van der Waals surface area contributed by atoms with Crippen LogP contribution in [-0.2, 0) is 11.2 Å². The molecule has 2 fully saturated rings. The summed E-state index contributed by atoms with van der Waals surface area (Å²) in [5.41, 5.74) is 2.31. The number of anilines is 1. The average Bonchev–Trinajstić information content (AvgIpc) is 3.44. The van der Waals surface area contributed by atoms with Crippen LogP contribution in [0.5, 0.6) is 0 Å². The van der Waals surface area contributed by atoms with Crippen molar-refractivity contribution < 1.29 is 9.32 Å². The van der Waals surface area contributed by atoms with Gasteiger partial charge in [-0.25, -0.2) is 4.98 Å². The highest BCUT2D eigenvalue weighted by Gasteiger charge is 2.30. The fraction of sp³-hybridized carbons (Fsp3) is 0.520. The average molecular weight is 434 g/mol. The summed E-state index contributed by atoms with van der Waals surface area (Å²) >= 11 is 0. The van der Waals surface area contributed by atoms with Crippen molar-refractivity contribution in [3.63, 3.8) is 0 Å². The Morgan fingerprint density at radius 2 is 1.84 bits per heavy atom. The largest absolute Gasteiger partial charge is 0.354 e. The highest BCUT2D eigenvalue weighted by molar-refractivity contribution is 5.98. The van der Waals surface area contributed by atoms with Gasteiger partial charge in [0.05, 0.1) is 0 Å². The number of amides is 1. The molecule has 1 saturated carbocycles. The molecule has 1 amide bonds. The molecule has 1 aromatic carbocycles. The minimum Gasteiger partial charge on any atom is -0.354 e. The first-order chi connectivity index (χ1) is 15.7. The molecular weight excluding hydrogens is 402 g/mol. The van der Waals surface area contributed by atoms with Gasteiger partial charge in [0.1, 0.15) is 22.7 Å². The summed E-state index contributed by atoms with van der Waals surface area (Å²) in [5.74, 6) is 2.24. The van der Waals surface area contributed by atoms with Gasteiger partial charge in [0, 0.05) is 44.1 Å². The van der Waals surface area contributed by atoms with E-state index in [1.165, 1.54) is 12.8 Å². The van der Waals surface area contributed by atoms with Gasteiger partial charge in [-0.15, -0.1) is 0 Å². The van der Waals surface area contributed by atoms with Crippen molar-refractivity contribution in [3.05, 3.63) is 36.2 Å². The number of aromatic nitrogens is 3. The molecule has 1 aliphatic carbocycles. The number of hydrogen-bond donors (Lipinski definition) is 0. The minimum atomic E-state index is 0.228. The second-order valence-electron chi connectivity index (χ2n) is 8.94. The molecule has 2 aliphatic rings. The summed E-state index contributed by atoms with van der Waals surface area (Å²) in [7, 11) is 0. The highest BCUT2D eigenvalue weighted by atomic mass is 16.5. The van der Waals surface area contributed by atoms with E-state index in [9.17, 15) is 4.79 Å². The van der Waals surface area contributed by atoms with E-state index in [0.29, 0.717) is 11.6 Å². The van der Waals surface area contributed by atoms with E-state index >= 15 is 0 Å². The number of hydrogen-bond acceptors (Lipinski definition) is 6. The van der Waals surface area contributed by atoms with Crippen molar-refractivity contribution in [2.24, 2.45) is 5.92 Å². The number of carbonyl (C=O) groups is 1. The van der Waals surface area contributed by atoms with Crippen LogP contribution in [0, 0.1) is 5.92 Å². The Bertz CT molecular complexity index is 1070. The lowest BCUT2D eigenvalue weighted by Crippen LogP contribution is -2.38. The zero-order valence-electron chi connectivity index (χ0n) is 18.8. The molecule has 0 unspecified atom stereocenters. The molecule has 0 radical (unpaired) electrons. The van der Waals surface area contributed by atoms with Crippen molar-refractivity contribution in [1.82, 2.24) is 20.0 Å². The third kappa shape index (κ3) is 4.08. The van der Waals surface area contributed by atoms with Crippen molar-refractivity contribution in [2.75, 3.05) is 31.1 Å². The molecule has 0 bridgehead atoms. The number of fused-ring (bicyclic) bond motifs is 1. The summed E-state index contributed by atoms with van der Waals surface area (Å²) in [5, 5.41) is 5.24. The molecule has 3 heterocycles. The van der Waals surface area contributed by atoms with Crippen LogP contribution < -0.4 is 4.90 Å². The minimum absolute atomic E-state index is 0.228. The molecule has 32 heavy (non-hydrogen) atoms. The summed E-state index contributed by atoms with van der Waals surface area (Å²) in [6, 6.07) is 10.1. The van der Waals surface area contributed by atoms with E-state index in [-0.39, 0.29) is 5.92 Å². The lowest BCUT2D eigenvalue weighted by atomic mass is 10.1. The molecule has 0 atom stereocenters. The molecule has 7 heteroatoms. The number of aryl methyl sites for hydroxylation is 1. The fourth-order valence-corrected chi connectivity index (χ4v) is 5.02. The first kappa shape index (κ1) is 20.9. The van der Waals surface area contributed by atoms with Crippen LogP contribution in [0.3, 0.4) is 0 Å². The van der Waals surface area contributed by atoms with Gasteiger partial charge in [-0.1, -0.05) is 55.3 Å². The van der Waals surface area contributed by atoms with Crippen LogP contribution in [0.15, 0.2) is 34.9 Å². The zero-order valence-corrected chi connectivity index (χ0v) is 18.8. The Kier molecular flexibility index (Phi) is 6.06. The van der Waals surface area contributed by atoms with Crippen LogP contribution >= 0.6 is 0 Å². The van der Waals surface area contributed by atoms with Gasteiger partial charge in [-0.2, -0.15) is 4.98 Å². The summed E-state index contributed by atoms with van der Waals surface area (Å²) in [4.78, 5) is 27.0. The molecule has 7 nitrogen and oxygen atoms in total. The molecular formula is C25H31N5O2. The van der Waals surface area contributed by atoms with E-state index in [1.807, 2.05) is 30.3 Å². The zero-order chi connectivity index (χ0) is 21.9. The van der Waals surface area contributed by atoms with Crippen LogP contribution in [0.4, 0.5) is 5.82 Å². The Morgan fingerprint density at radius 1 is 1.03 bits per heavy atom. The molecule has 2 aromatic heterocycles. The maximum absolute atomic E-state index is 13.0. The topological polar surface area (TPSA) is 75.4 Å². The quantitative estimate of drug-likeness (QED) is 0.591.